The van der Waals surface area contributed by atoms with Crippen LogP contribution >= 0.6 is 0 Å². The quantitative estimate of drug-likeness (QED) is 0.730. The van der Waals surface area contributed by atoms with E-state index < -0.39 is 0 Å². The minimum Gasteiger partial charge on any atom is -0.494 e. The van der Waals surface area contributed by atoms with Crippen molar-refractivity contribution < 1.29 is 9.53 Å². The average Bonchev–Trinajstić information content (AvgIpc) is 3.43. The summed E-state index contributed by atoms with van der Waals surface area (Å²) in [4.78, 5) is 12.3. The first-order valence-corrected chi connectivity index (χ1v) is 8.76. The molecule has 0 bridgehead atoms. The number of carbonyl (C=O) groups is 1. The Morgan fingerprint density at radius 1 is 1.12 bits per heavy atom. The topological polar surface area (TPSA) is 38.3 Å². The van der Waals surface area contributed by atoms with Crippen LogP contribution in [0.1, 0.15) is 42.9 Å². The van der Waals surface area contributed by atoms with E-state index in [-0.39, 0.29) is 11.9 Å². The molecular weight excluding hydrogens is 298 g/mol. The third kappa shape index (κ3) is 4.85. The summed E-state index contributed by atoms with van der Waals surface area (Å²) in [6, 6.07) is 18.4. The second kappa shape index (κ2) is 8.00. The van der Waals surface area contributed by atoms with E-state index in [1.54, 1.807) is 0 Å². The van der Waals surface area contributed by atoms with Crippen molar-refractivity contribution in [2.75, 3.05) is 6.61 Å². The van der Waals surface area contributed by atoms with Crippen molar-refractivity contribution in [2.45, 2.75) is 38.6 Å². The molecule has 1 aliphatic carbocycles. The first kappa shape index (κ1) is 16.6. The molecule has 3 rings (SSSR count). The first-order valence-electron chi connectivity index (χ1n) is 8.76. The third-order valence-corrected chi connectivity index (χ3v) is 4.41. The predicted octanol–water partition coefficient (Wildman–Crippen LogP) is 4.42. The van der Waals surface area contributed by atoms with Gasteiger partial charge in [-0.05, 0) is 49.8 Å². The monoisotopic (exact) mass is 323 g/mol. The highest BCUT2D eigenvalue weighted by Crippen LogP contribution is 2.41. The van der Waals surface area contributed by atoms with Crippen LogP contribution in [0.15, 0.2) is 54.6 Å². The Kier molecular flexibility index (Phi) is 5.52. The van der Waals surface area contributed by atoms with Crippen molar-refractivity contribution in [3.63, 3.8) is 0 Å². The highest BCUT2D eigenvalue weighted by atomic mass is 16.5. The Hall–Kier alpha value is -2.29. The molecule has 2 aromatic carbocycles. The lowest BCUT2D eigenvalue weighted by molar-refractivity contribution is -0.122. The predicted molar refractivity (Wildman–Crippen MR) is 96.0 cm³/mol. The van der Waals surface area contributed by atoms with Crippen LogP contribution in [0.2, 0.25) is 0 Å². The Balaban J connectivity index is 1.45. The maximum atomic E-state index is 12.3. The van der Waals surface area contributed by atoms with Gasteiger partial charge >= 0.3 is 0 Å². The van der Waals surface area contributed by atoms with Crippen molar-refractivity contribution in [1.82, 2.24) is 5.32 Å². The molecule has 0 saturated heterocycles. The summed E-state index contributed by atoms with van der Waals surface area (Å²) in [7, 11) is 0. The largest absolute Gasteiger partial charge is 0.494 e. The summed E-state index contributed by atoms with van der Waals surface area (Å²) >= 11 is 0. The van der Waals surface area contributed by atoms with Crippen molar-refractivity contribution >= 4 is 5.91 Å². The van der Waals surface area contributed by atoms with Crippen molar-refractivity contribution in [3.8, 4) is 5.75 Å². The number of benzene rings is 2. The molecule has 3 nitrogen and oxygen atoms in total. The van der Waals surface area contributed by atoms with Gasteiger partial charge in [0, 0.05) is 6.42 Å². The Labute approximate surface area is 144 Å². The van der Waals surface area contributed by atoms with Gasteiger partial charge in [0.1, 0.15) is 5.75 Å². The number of amides is 1. The lowest BCUT2D eigenvalue weighted by Gasteiger charge is -2.19. The molecule has 1 aliphatic rings. The molecule has 1 atom stereocenters. The molecule has 1 fully saturated rings. The second-order valence-electron chi connectivity index (χ2n) is 6.56. The number of aryl methyl sites for hydroxylation is 1. The lowest BCUT2D eigenvalue weighted by atomic mass is 10.0. The average molecular weight is 323 g/mol. The highest BCUT2D eigenvalue weighted by Gasteiger charge is 2.33. The zero-order valence-corrected chi connectivity index (χ0v) is 14.2. The van der Waals surface area contributed by atoms with Gasteiger partial charge in [-0.2, -0.15) is 0 Å². The molecule has 1 saturated carbocycles. The first-order chi connectivity index (χ1) is 11.7. The molecule has 0 spiro atoms. The molecule has 0 aliphatic heterocycles. The van der Waals surface area contributed by atoms with E-state index in [9.17, 15) is 4.79 Å². The molecule has 0 heterocycles. The molecular formula is C21H25NO2. The molecule has 1 amide bonds. The van der Waals surface area contributed by atoms with Crippen molar-refractivity contribution in [3.05, 3.63) is 65.7 Å². The minimum absolute atomic E-state index is 0.115. The van der Waals surface area contributed by atoms with Gasteiger partial charge < -0.3 is 10.1 Å². The van der Waals surface area contributed by atoms with Gasteiger partial charge in [0.05, 0.1) is 12.6 Å². The lowest BCUT2D eigenvalue weighted by Crippen LogP contribution is -2.30. The van der Waals surface area contributed by atoms with Crippen LogP contribution in [0.4, 0.5) is 0 Å². The molecule has 2 aromatic rings. The van der Waals surface area contributed by atoms with Gasteiger partial charge in [-0.15, -0.1) is 0 Å². The van der Waals surface area contributed by atoms with Crippen LogP contribution in [0.5, 0.6) is 5.75 Å². The fourth-order valence-corrected chi connectivity index (χ4v) is 2.86. The third-order valence-electron chi connectivity index (χ3n) is 4.41. The van der Waals surface area contributed by atoms with Crippen LogP contribution < -0.4 is 10.1 Å². The zero-order chi connectivity index (χ0) is 16.8. The van der Waals surface area contributed by atoms with E-state index in [0.717, 1.165) is 12.2 Å². The van der Waals surface area contributed by atoms with E-state index in [2.05, 4.69) is 36.5 Å². The normalized spacial score (nSPS) is 14.9. The summed E-state index contributed by atoms with van der Waals surface area (Å²) in [6.07, 6.45) is 3.64. The molecule has 126 valence electrons. The number of para-hydroxylation sites is 1. The standard InChI is InChI=1S/C21H25NO2/c1-16-9-11-17(12-10-16)21(18-13-14-18)22-20(23)8-5-15-24-19-6-3-2-4-7-19/h2-4,6-7,9-12,18,21H,5,8,13-15H2,1H3,(H,22,23). The summed E-state index contributed by atoms with van der Waals surface area (Å²) in [6.45, 7) is 2.65. The van der Waals surface area contributed by atoms with E-state index in [1.165, 1.54) is 24.0 Å². The zero-order valence-electron chi connectivity index (χ0n) is 14.2. The number of ether oxygens (including phenoxy) is 1. The number of rotatable bonds is 8. The van der Waals surface area contributed by atoms with Gasteiger partial charge in [0.15, 0.2) is 0 Å². The summed E-state index contributed by atoms with van der Waals surface area (Å²) in [5.74, 6) is 1.56. The molecule has 1 N–H and O–H groups in total. The highest BCUT2D eigenvalue weighted by molar-refractivity contribution is 5.76. The minimum atomic E-state index is 0.115. The van der Waals surface area contributed by atoms with E-state index in [1.807, 2.05) is 30.3 Å². The number of nitrogens with one attached hydrogen (secondary N) is 1. The molecule has 24 heavy (non-hydrogen) atoms. The molecule has 1 unspecified atom stereocenters. The van der Waals surface area contributed by atoms with Crippen LogP contribution in [-0.2, 0) is 4.79 Å². The van der Waals surface area contributed by atoms with Crippen LogP contribution in [0.3, 0.4) is 0 Å². The van der Waals surface area contributed by atoms with E-state index in [0.29, 0.717) is 18.9 Å². The van der Waals surface area contributed by atoms with Crippen LogP contribution in [0, 0.1) is 12.8 Å². The van der Waals surface area contributed by atoms with Gasteiger partial charge in [0.25, 0.3) is 0 Å². The fraction of sp³-hybridized carbons (Fsp3) is 0.381. The maximum absolute atomic E-state index is 12.3. The van der Waals surface area contributed by atoms with Gasteiger partial charge in [-0.1, -0.05) is 48.0 Å². The molecule has 0 radical (unpaired) electrons. The summed E-state index contributed by atoms with van der Waals surface area (Å²) in [5.41, 5.74) is 2.47. The summed E-state index contributed by atoms with van der Waals surface area (Å²) in [5, 5.41) is 3.22. The Bertz CT molecular complexity index is 647. The number of hydrogen-bond donors (Lipinski definition) is 1. The molecule has 0 aromatic heterocycles. The Morgan fingerprint density at radius 3 is 2.50 bits per heavy atom. The van der Waals surface area contributed by atoms with Crippen molar-refractivity contribution in [2.24, 2.45) is 5.92 Å². The van der Waals surface area contributed by atoms with Crippen LogP contribution in [-0.4, -0.2) is 12.5 Å². The van der Waals surface area contributed by atoms with Gasteiger partial charge in [-0.25, -0.2) is 0 Å². The fourth-order valence-electron chi connectivity index (χ4n) is 2.86. The molecule has 3 heteroatoms. The number of hydrogen-bond acceptors (Lipinski definition) is 2. The Morgan fingerprint density at radius 2 is 1.83 bits per heavy atom. The van der Waals surface area contributed by atoms with Crippen LogP contribution in [0.25, 0.3) is 0 Å². The number of carbonyl (C=O) groups excluding carboxylic acids is 1. The SMILES string of the molecule is Cc1ccc(C(NC(=O)CCCOc2ccccc2)C2CC2)cc1. The van der Waals surface area contributed by atoms with E-state index in [4.69, 9.17) is 4.74 Å². The maximum Gasteiger partial charge on any atom is 0.220 e. The smallest absolute Gasteiger partial charge is 0.220 e. The van der Waals surface area contributed by atoms with Gasteiger partial charge in [0.2, 0.25) is 5.91 Å². The second-order valence-corrected chi connectivity index (χ2v) is 6.56. The van der Waals surface area contributed by atoms with Gasteiger partial charge in [-0.3, -0.25) is 4.79 Å². The summed E-state index contributed by atoms with van der Waals surface area (Å²) < 4.78 is 5.64. The van der Waals surface area contributed by atoms with E-state index >= 15 is 0 Å². The van der Waals surface area contributed by atoms with Crippen molar-refractivity contribution in [1.29, 1.82) is 0 Å².